The number of hydrogen-bond donors (Lipinski definition) is 0. The molecular weight excluding hydrogens is 259 g/mol. The van der Waals surface area contributed by atoms with Crippen LogP contribution < -0.4 is 4.74 Å². The predicted molar refractivity (Wildman–Crippen MR) is 69.3 cm³/mol. The maximum Gasteiger partial charge on any atom is 0.167 e. The van der Waals surface area contributed by atoms with Gasteiger partial charge in [0, 0.05) is 17.5 Å². The van der Waals surface area contributed by atoms with Crippen LogP contribution in [0.2, 0.25) is 10.0 Å². The van der Waals surface area contributed by atoms with Gasteiger partial charge >= 0.3 is 0 Å². The van der Waals surface area contributed by atoms with Gasteiger partial charge in [-0.15, -0.1) is 0 Å². The van der Waals surface area contributed by atoms with Crippen molar-refractivity contribution in [3.8, 4) is 5.75 Å². The number of benzene rings is 1. The van der Waals surface area contributed by atoms with E-state index in [0.29, 0.717) is 21.4 Å². The lowest BCUT2D eigenvalue weighted by Gasteiger charge is -2.11. The quantitative estimate of drug-likeness (QED) is 0.764. The molecule has 4 heteroatoms. The Balaban J connectivity index is 2.31. The monoisotopic (exact) mass is 272 g/mol. The van der Waals surface area contributed by atoms with Crippen molar-refractivity contribution in [2.24, 2.45) is 5.92 Å². The zero-order valence-corrected chi connectivity index (χ0v) is 11.1. The van der Waals surface area contributed by atoms with Crippen molar-refractivity contribution in [2.45, 2.75) is 25.7 Å². The van der Waals surface area contributed by atoms with Gasteiger partial charge in [-0.1, -0.05) is 36.0 Å². The maximum absolute atomic E-state index is 12.2. The average Bonchev–Trinajstić information content (AvgIpc) is 2.84. The van der Waals surface area contributed by atoms with E-state index in [4.69, 9.17) is 27.9 Å². The fourth-order valence-electron chi connectivity index (χ4n) is 2.28. The van der Waals surface area contributed by atoms with E-state index in [-0.39, 0.29) is 11.7 Å². The summed E-state index contributed by atoms with van der Waals surface area (Å²) in [7, 11) is 1.52. The molecule has 0 aromatic heterocycles. The highest BCUT2D eigenvalue weighted by Crippen LogP contribution is 2.35. The molecule has 0 radical (unpaired) electrons. The van der Waals surface area contributed by atoms with Crippen LogP contribution in [-0.4, -0.2) is 12.9 Å². The fraction of sp³-hybridized carbons (Fsp3) is 0.462. The molecule has 2 nitrogen and oxygen atoms in total. The molecule has 1 aromatic rings. The van der Waals surface area contributed by atoms with E-state index < -0.39 is 0 Å². The van der Waals surface area contributed by atoms with Crippen LogP contribution in [0.1, 0.15) is 36.0 Å². The van der Waals surface area contributed by atoms with E-state index in [9.17, 15) is 4.79 Å². The smallest absolute Gasteiger partial charge is 0.167 e. The van der Waals surface area contributed by atoms with E-state index >= 15 is 0 Å². The zero-order chi connectivity index (χ0) is 12.4. The van der Waals surface area contributed by atoms with Gasteiger partial charge in [-0.25, -0.2) is 0 Å². The highest BCUT2D eigenvalue weighted by Gasteiger charge is 2.26. The Kier molecular flexibility index (Phi) is 3.95. The Morgan fingerprint density at radius 2 is 1.88 bits per heavy atom. The lowest BCUT2D eigenvalue weighted by atomic mass is 9.96. The molecule has 0 bridgehead atoms. The number of ether oxygens (including phenoxy) is 1. The molecule has 0 heterocycles. The minimum absolute atomic E-state index is 0.108. The molecule has 92 valence electrons. The number of carbonyl (C=O) groups is 1. The lowest BCUT2D eigenvalue weighted by Crippen LogP contribution is -2.11. The molecule has 1 fully saturated rings. The van der Waals surface area contributed by atoms with E-state index in [1.54, 1.807) is 12.1 Å². The van der Waals surface area contributed by atoms with E-state index in [1.807, 2.05) is 0 Å². The van der Waals surface area contributed by atoms with Gasteiger partial charge in [0.05, 0.1) is 17.2 Å². The molecule has 0 saturated heterocycles. The number of Topliss-reactive ketones (excluding diaryl/α,β-unsaturated/α-hetero) is 1. The van der Waals surface area contributed by atoms with Crippen LogP contribution in [-0.2, 0) is 0 Å². The highest BCUT2D eigenvalue weighted by molar-refractivity contribution is 6.36. The normalized spacial score (nSPS) is 16.2. The molecule has 1 aliphatic rings. The first-order valence-electron chi connectivity index (χ1n) is 5.70. The van der Waals surface area contributed by atoms with E-state index in [0.717, 1.165) is 25.7 Å². The molecule has 0 aliphatic heterocycles. The first-order chi connectivity index (χ1) is 8.13. The van der Waals surface area contributed by atoms with Crippen LogP contribution in [0.4, 0.5) is 0 Å². The van der Waals surface area contributed by atoms with Crippen molar-refractivity contribution in [2.75, 3.05) is 7.11 Å². The summed E-state index contributed by atoms with van der Waals surface area (Å²) < 4.78 is 5.06. The summed E-state index contributed by atoms with van der Waals surface area (Å²) in [6.07, 6.45) is 4.16. The third-order valence-electron chi connectivity index (χ3n) is 3.23. The maximum atomic E-state index is 12.2. The van der Waals surface area contributed by atoms with Crippen LogP contribution >= 0.6 is 23.2 Å². The Morgan fingerprint density at radius 1 is 1.24 bits per heavy atom. The molecule has 0 amide bonds. The molecule has 0 N–H and O–H groups in total. The summed E-state index contributed by atoms with van der Waals surface area (Å²) in [5.41, 5.74) is 0.518. The Labute approximate surface area is 111 Å². The largest absolute Gasteiger partial charge is 0.495 e. The Bertz CT molecular complexity index is 437. The summed E-state index contributed by atoms with van der Waals surface area (Å²) in [4.78, 5) is 12.2. The van der Waals surface area contributed by atoms with Crippen molar-refractivity contribution in [1.29, 1.82) is 0 Å². The van der Waals surface area contributed by atoms with E-state index in [2.05, 4.69) is 0 Å². The SMILES string of the molecule is COc1cc(Cl)c(C(=O)C2CCCC2)cc1Cl. The van der Waals surface area contributed by atoms with Gasteiger partial charge in [0.1, 0.15) is 5.75 Å². The zero-order valence-electron chi connectivity index (χ0n) is 9.63. The minimum Gasteiger partial charge on any atom is -0.495 e. The molecule has 1 aromatic carbocycles. The number of carbonyl (C=O) groups excluding carboxylic acids is 1. The van der Waals surface area contributed by atoms with Crippen molar-refractivity contribution in [1.82, 2.24) is 0 Å². The summed E-state index contributed by atoms with van der Waals surface area (Å²) in [6, 6.07) is 3.22. The van der Waals surface area contributed by atoms with Crippen LogP contribution in [0.25, 0.3) is 0 Å². The van der Waals surface area contributed by atoms with Crippen LogP contribution in [0, 0.1) is 5.92 Å². The van der Waals surface area contributed by atoms with Crippen LogP contribution in [0.15, 0.2) is 12.1 Å². The van der Waals surface area contributed by atoms with Crippen molar-refractivity contribution in [3.05, 3.63) is 27.7 Å². The van der Waals surface area contributed by atoms with Gasteiger partial charge in [0.25, 0.3) is 0 Å². The number of methoxy groups -OCH3 is 1. The third-order valence-corrected chi connectivity index (χ3v) is 3.84. The van der Waals surface area contributed by atoms with Crippen LogP contribution in [0.3, 0.4) is 0 Å². The fourth-order valence-corrected chi connectivity index (χ4v) is 2.77. The standard InChI is InChI=1S/C13H14Cl2O2/c1-17-12-7-10(14)9(6-11(12)15)13(16)8-4-2-3-5-8/h6-8H,2-5H2,1H3. The van der Waals surface area contributed by atoms with Crippen molar-refractivity contribution in [3.63, 3.8) is 0 Å². The second-order valence-electron chi connectivity index (χ2n) is 4.31. The van der Waals surface area contributed by atoms with Gasteiger partial charge in [0.2, 0.25) is 0 Å². The lowest BCUT2D eigenvalue weighted by molar-refractivity contribution is 0.0923. The summed E-state index contributed by atoms with van der Waals surface area (Å²) >= 11 is 12.1. The first kappa shape index (κ1) is 12.7. The molecule has 1 saturated carbocycles. The van der Waals surface area contributed by atoms with Crippen molar-refractivity contribution < 1.29 is 9.53 Å². The second-order valence-corrected chi connectivity index (χ2v) is 5.13. The molecule has 2 rings (SSSR count). The van der Waals surface area contributed by atoms with Gasteiger partial charge < -0.3 is 4.74 Å². The molecule has 1 aliphatic carbocycles. The van der Waals surface area contributed by atoms with Crippen LogP contribution in [0.5, 0.6) is 5.75 Å². The highest BCUT2D eigenvalue weighted by atomic mass is 35.5. The van der Waals surface area contributed by atoms with Gasteiger partial charge in [0.15, 0.2) is 5.78 Å². The summed E-state index contributed by atoms with van der Waals surface area (Å²) in [6.45, 7) is 0. The van der Waals surface area contributed by atoms with Crippen molar-refractivity contribution >= 4 is 29.0 Å². The van der Waals surface area contributed by atoms with Gasteiger partial charge in [-0.05, 0) is 18.9 Å². The Hall–Kier alpha value is -0.730. The number of ketones is 1. The second kappa shape index (κ2) is 5.28. The molecule has 17 heavy (non-hydrogen) atoms. The number of hydrogen-bond acceptors (Lipinski definition) is 2. The Morgan fingerprint density at radius 3 is 2.47 bits per heavy atom. The number of rotatable bonds is 3. The van der Waals surface area contributed by atoms with Gasteiger partial charge in [-0.2, -0.15) is 0 Å². The topological polar surface area (TPSA) is 26.3 Å². The minimum atomic E-state index is 0.108. The molecule has 0 spiro atoms. The molecule has 0 atom stereocenters. The first-order valence-corrected chi connectivity index (χ1v) is 6.46. The average molecular weight is 273 g/mol. The molecule has 0 unspecified atom stereocenters. The molecular formula is C13H14Cl2O2. The summed E-state index contributed by atoms with van der Waals surface area (Å²) in [5, 5.41) is 0.849. The van der Waals surface area contributed by atoms with Gasteiger partial charge in [-0.3, -0.25) is 4.79 Å². The predicted octanol–water partition coefficient (Wildman–Crippen LogP) is 4.37. The summed E-state index contributed by atoms with van der Waals surface area (Å²) in [5.74, 6) is 0.716. The third kappa shape index (κ3) is 2.58. The number of halogens is 2. The van der Waals surface area contributed by atoms with E-state index in [1.165, 1.54) is 7.11 Å².